The zero-order chi connectivity index (χ0) is 17.2. The van der Waals surface area contributed by atoms with E-state index in [4.69, 9.17) is 27.9 Å². The van der Waals surface area contributed by atoms with Gasteiger partial charge in [0.1, 0.15) is 0 Å². The summed E-state index contributed by atoms with van der Waals surface area (Å²) in [6, 6.07) is 3.01. The SMILES string of the molecule is O=C1Oc2c(Cl)cc(Cl)cc2[C@H]2c3sc(=O)[nH]c3S[C@@H](C(=O)[O-])[C@H]12. The lowest BCUT2D eigenvalue weighted by molar-refractivity contribution is -0.306. The number of halogens is 2. The third-order valence-corrected chi connectivity index (χ3v) is 6.82. The summed E-state index contributed by atoms with van der Waals surface area (Å²) in [7, 11) is 0. The first-order chi connectivity index (χ1) is 11.4. The van der Waals surface area contributed by atoms with Crippen LogP contribution in [0.15, 0.2) is 22.0 Å². The van der Waals surface area contributed by atoms with E-state index in [9.17, 15) is 19.5 Å². The largest absolute Gasteiger partial charge is 0.549 e. The van der Waals surface area contributed by atoms with Crippen LogP contribution in [0.25, 0.3) is 0 Å². The van der Waals surface area contributed by atoms with E-state index in [2.05, 4.69) is 4.98 Å². The maximum absolute atomic E-state index is 12.5. The highest BCUT2D eigenvalue weighted by Gasteiger charge is 2.50. The maximum atomic E-state index is 12.5. The molecule has 0 saturated carbocycles. The molecular weight excluding hydrogens is 397 g/mol. The summed E-state index contributed by atoms with van der Waals surface area (Å²) >= 11 is 14.0. The van der Waals surface area contributed by atoms with Crippen molar-refractivity contribution in [3.63, 3.8) is 0 Å². The lowest BCUT2D eigenvalue weighted by Crippen LogP contribution is -2.48. The first-order valence-electron chi connectivity index (χ1n) is 6.68. The second-order valence-electron chi connectivity index (χ2n) is 5.30. The molecule has 24 heavy (non-hydrogen) atoms. The van der Waals surface area contributed by atoms with E-state index >= 15 is 0 Å². The predicted octanol–water partition coefficient (Wildman–Crippen LogP) is 1.63. The van der Waals surface area contributed by atoms with Crippen molar-refractivity contribution in [1.29, 1.82) is 0 Å². The number of rotatable bonds is 1. The number of nitrogens with one attached hydrogen (secondary N) is 1. The molecule has 1 N–H and O–H groups in total. The summed E-state index contributed by atoms with van der Waals surface area (Å²) in [5, 5.41) is 11.2. The lowest BCUT2D eigenvalue weighted by atomic mass is 9.80. The van der Waals surface area contributed by atoms with Crippen LogP contribution in [0.4, 0.5) is 0 Å². The Balaban J connectivity index is 2.02. The normalized spacial score (nSPS) is 24.6. The number of carbonyl (C=O) groups is 2. The molecule has 3 atom stereocenters. The van der Waals surface area contributed by atoms with Gasteiger partial charge in [-0.25, -0.2) is 0 Å². The number of benzene rings is 1. The average Bonchev–Trinajstić information content (AvgIpc) is 2.87. The minimum absolute atomic E-state index is 0.142. The Morgan fingerprint density at radius 2 is 2.04 bits per heavy atom. The molecule has 4 rings (SSSR count). The van der Waals surface area contributed by atoms with Crippen LogP contribution in [0, 0.1) is 5.92 Å². The number of aliphatic carboxylic acids is 1. The zero-order valence-corrected chi connectivity index (χ0v) is 14.6. The Morgan fingerprint density at radius 1 is 1.29 bits per heavy atom. The topological polar surface area (TPSA) is 99.3 Å². The number of H-pyrrole nitrogens is 1. The van der Waals surface area contributed by atoms with E-state index in [-0.39, 0.29) is 15.6 Å². The fraction of sp³-hybridized carbons (Fsp3) is 0.214. The van der Waals surface area contributed by atoms with Gasteiger partial charge >= 0.3 is 10.8 Å². The number of hydrogen-bond acceptors (Lipinski definition) is 7. The van der Waals surface area contributed by atoms with Crippen molar-refractivity contribution in [2.45, 2.75) is 16.2 Å². The Morgan fingerprint density at radius 3 is 2.75 bits per heavy atom. The van der Waals surface area contributed by atoms with E-state index in [1.165, 1.54) is 6.07 Å². The quantitative estimate of drug-likeness (QED) is 0.574. The number of hydrogen-bond donors (Lipinski definition) is 1. The number of carboxylic acid groups (broad SMARTS) is 1. The third kappa shape index (κ3) is 2.28. The highest BCUT2D eigenvalue weighted by molar-refractivity contribution is 8.00. The number of thioether (sulfide) groups is 1. The fourth-order valence-corrected chi connectivity index (χ4v) is 5.97. The van der Waals surface area contributed by atoms with Gasteiger partial charge in [0.2, 0.25) is 0 Å². The van der Waals surface area contributed by atoms with Gasteiger partial charge in [0, 0.05) is 21.4 Å². The summed E-state index contributed by atoms with van der Waals surface area (Å²) < 4.78 is 5.27. The van der Waals surface area contributed by atoms with E-state index in [0.717, 1.165) is 23.1 Å². The molecule has 0 fully saturated rings. The third-order valence-electron chi connectivity index (χ3n) is 3.93. The first kappa shape index (κ1) is 16.0. The maximum Gasteiger partial charge on any atom is 0.316 e. The molecule has 0 amide bonds. The van der Waals surface area contributed by atoms with Gasteiger partial charge in [-0.15, -0.1) is 0 Å². The van der Waals surface area contributed by atoms with Crippen molar-refractivity contribution in [3.8, 4) is 5.75 Å². The van der Waals surface area contributed by atoms with Crippen LogP contribution in [0.5, 0.6) is 5.75 Å². The number of ether oxygens (including phenoxy) is 1. The van der Waals surface area contributed by atoms with Crippen molar-refractivity contribution in [2.75, 3.05) is 0 Å². The zero-order valence-electron chi connectivity index (χ0n) is 11.5. The second-order valence-corrected chi connectivity index (χ2v) is 8.31. The van der Waals surface area contributed by atoms with Crippen molar-refractivity contribution in [3.05, 3.63) is 42.3 Å². The van der Waals surface area contributed by atoms with Crippen LogP contribution in [-0.2, 0) is 9.59 Å². The number of esters is 1. The molecule has 2 aromatic rings. The second kappa shape index (κ2) is 5.52. The molecule has 124 valence electrons. The number of carboxylic acids is 1. The van der Waals surface area contributed by atoms with Crippen LogP contribution < -0.4 is 14.7 Å². The molecule has 0 aliphatic carbocycles. The van der Waals surface area contributed by atoms with E-state index < -0.39 is 29.0 Å². The molecule has 0 saturated heterocycles. The van der Waals surface area contributed by atoms with E-state index in [1.807, 2.05) is 0 Å². The van der Waals surface area contributed by atoms with Crippen molar-refractivity contribution >= 4 is 58.2 Å². The molecule has 0 bridgehead atoms. The summed E-state index contributed by atoms with van der Waals surface area (Å²) in [6.45, 7) is 0. The number of thiazole rings is 1. The van der Waals surface area contributed by atoms with Gasteiger partial charge in [-0.2, -0.15) is 0 Å². The van der Waals surface area contributed by atoms with Gasteiger partial charge in [-0.05, 0) is 12.1 Å². The molecule has 2 aliphatic heterocycles. The van der Waals surface area contributed by atoms with Gasteiger partial charge < -0.3 is 19.6 Å². The van der Waals surface area contributed by atoms with E-state index in [1.54, 1.807) is 6.07 Å². The average molecular weight is 403 g/mol. The Bertz CT molecular complexity index is 953. The lowest BCUT2D eigenvalue weighted by Gasteiger charge is -2.39. The molecule has 6 nitrogen and oxygen atoms in total. The minimum Gasteiger partial charge on any atom is -0.549 e. The molecule has 1 aromatic heterocycles. The Kier molecular flexibility index (Phi) is 3.68. The molecule has 0 radical (unpaired) electrons. The van der Waals surface area contributed by atoms with Crippen molar-refractivity contribution in [1.82, 2.24) is 4.98 Å². The van der Waals surface area contributed by atoms with E-state index in [0.29, 0.717) is 20.5 Å². The first-order valence-corrected chi connectivity index (χ1v) is 9.13. The van der Waals surface area contributed by atoms with Crippen LogP contribution in [0.3, 0.4) is 0 Å². The smallest absolute Gasteiger partial charge is 0.316 e. The summed E-state index contributed by atoms with van der Waals surface area (Å²) in [4.78, 5) is 38.6. The van der Waals surface area contributed by atoms with Gasteiger partial charge in [0.15, 0.2) is 5.75 Å². The van der Waals surface area contributed by atoms with Crippen molar-refractivity contribution in [2.24, 2.45) is 5.92 Å². The highest BCUT2D eigenvalue weighted by atomic mass is 35.5. The molecule has 0 spiro atoms. The molecule has 2 aliphatic rings. The van der Waals surface area contributed by atoms with Crippen molar-refractivity contribution < 1.29 is 19.4 Å². The fourth-order valence-electron chi connectivity index (χ4n) is 3.03. The highest BCUT2D eigenvalue weighted by Crippen LogP contribution is 2.55. The molecule has 10 heteroatoms. The molecule has 0 unspecified atom stereocenters. The summed E-state index contributed by atoms with van der Waals surface area (Å²) in [6.07, 6.45) is 0. The number of carbonyl (C=O) groups excluding carboxylic acids is 2. The van der Waals surface area contributed by atoms with Crippen LogP contribution in [-0.4, -0.2) is 22.2 Å². The predicted molar refractivity (Wildman–Crippen MR) is 87.0 cm³/mol. The summed E-state index contributed by atoms with van der Waals surface area (Å²) in [5.74, 6) is -3.68. The van der Waals surface area contributed by atoms with Gasteiger partial charge in [0.05, 0.1) is 27.2 Å². The Hall–Kier alpha value is -1.48. The van der Waals surface area contributed by atoms with Gasteiger partial charge in [-0.3, -0.25) is 9.59 Å². The van der Waals surface area contributed by atoms with Gasteiger partial charge in [-0.1, -0.05) is 46.3 Å². The standard InChI is InChI=1S/C14H7Cl2NO5S2/c15-3-1-4-6-7(13(20)22-8(4)5(16)2-3)10(12(18)19)23-11-9(6)24-14(21)17-11/h1-2,6-7,10H,(H,17,21)(H,18,19)/p-1/t6-,7-,10-/m1/s1. The number of aromatic nitrogens is 1. The molecular formula is C14H6Cl2NO5S2-. The molecule has 1 aromatic carbocycles. The van der Waals surface area contributed by atoms with Crippen LogP contribution in [0.1, 0.15) is 16.4 Å². The summed E-state index contributed by atoms with van der Waals surface area (Å²) in [5.41, 5.74) is 0.486. The molecule has 3 heterocycles. The van der Waals surface area contributed by atoms with Gasteiger partial charge in [0.25, 0.3) is 0 Å². The Labute approximate surface area is 152 Å². The van der Waals surface area contributed by atoms with Crippen LogP contribution >= 0.6 is 46.3 Å². The monoisotopic (exact) mass is 402 g/mol. The minimum atomic E-state index is -1.40. The number of fused-ring (bicyclic) bond motifs is 5. The van der Waals surface area contributed by atoms with Crippen LogP contribution in [0.2, 0.25) is 10.0 Å². The number of aromatic amines is 1.